The van der Waals surface area contributed by atoms with Crippen molar-refractivity contribution in [3.63, 3.8) is 0 Å². The molecule has 0 aromatic rings. The lowest BCUT2D eigenvalue weighted by Crippen LogP contribution is -2.45. The van der Waals surface area contributed by atoms with Gasteiger partial charge in [-0.3, -0.25) is 9.89 Å². The fourth-order valence-electron chi connectivity index (χ4n) is 1.91. The predicted octanol–water partition coefficient (Wildman–Crippen LogP) is 0.944. The summed E-state index contributed by atoms with van der Waals surface area (Å²) in [6, 6.07) is 0. The van der Waals surface area contributed by atoms with Gasteiger partial charge in [0.1, 0.15) is 12.8 Å². The van der Waals surface area contributed by atoms with Crippen LogP contribution in [0.25, 0.3) is 0 Å². The molecule has 2 rings (SSSR count). The second-order valence-electron chi connectivity index (χ2n) is 3.43. The molecule has 76 valence electrons. The third kappa shape index (κ3) is 1.57. The second kappa shape index (κ2) is 3.69. The average molecular weight is 195 g/mol. The number of hydrogen-bond donors (Lipinski definition) is 1. The molecule has 2 aliphatic rings. The molecule has 0 saturated carbocycles. The Hall–Kier alpha value is -1.52. The van der Waals surface area contributed by atoms with Gasteiger partial charge in [0.15, 0.2) is 0 Å². The fraction of sp³-hybridized carbons (Fsp3) is 0.556. The van der Waals surface area contributed by atoms with Gasteiger partial charge in [-0.25, -0.2) is 4.79 Å². The summed E-state index contributed by atoms with van der Waals surface area (Å²) in [7, 11) is 0. The van der Waals surface area contributed by atoms with Crippen molar-refractivity contribution in [2.75, 3.05) is 13.2 Å². The van der Waals surface area contributed by atoms with Crippen LogP contribution in [0.3, 0.4) is 0 Å². The van der Waals surface area contributed by atoms with Gasteiger partial charge in [0.2, 0.25) is 0 Å². The average Bonchev–Trinajstić information content (AvgIpc) is 2.67. The lowest BCUT2D eigenvalue weighted by molar-refractivity contribution is 0.0947. The molecule has 0 aromatic heterocycles. The topological polar surface area (TPSA) is 56.1 Å². The smallest absolute Gasteiger partial charge is 0.408 e. The van der Waals surface area contributed by atoms with Crippen LogP contribution in [0.15, 0.2) is 17.3 Å². The maximum absolute atomic E-state index is 10.9. The molecule has 1 saturated heterocycles. The highest BCUT2D eigenvalue weighted by atomic mass is 16.4. The fourth-order valence-corrected chi connectivity index (χ4v) is 1.91. The van der Waals surface area contributed by atoms with Crippen molar-refractivity contribution in [1.29, 1.82) is 0 Å². The minimum Gasteiger partial charge on any atom is -0.465 e. The van der Waals surface area contributed by atoms with Crippen molar-refractivity contribution in [1.82, 2.24) is 9.80 Å². The van der Waals surface area contributed by atoms with E-state index in [0.29, 0.717) is 13.2 Å². The van der Waals surface area contributed by atoms with Crippen LogP contribution in [-0.4, -0.2) is 46.6 Å². The van der Waals surface area contributed by atoms with Gasteiger partial charge in [0, 0.05) is 19.0 Å². The monoisotopic (exact) mass is 195 g/mol. The molecule has 1 atom stereocenters. The molecule has 2 aliphatic heterocycles. The summed E-state index contributed by atoms with van der Waals surface area (Å²) in [5, 5.41) is 8.95. The van der Waals surface area contributed by atoms with Crippen LogP contribution in [0.5, 0.6) is 0 Å². The van der Waals surface area contributed by atoms with Gasteiger partial charge in [-0.2, -0.15) is 0 Å². The summed E-state index contributed by atoms with van der Waals surface area (Å²) in [5.74, 6) is 0. The van der Waals surface area contributed by atoms with Crippen LogP contribution < -0.4 is 0 Å². The van der Waals surface area contributed by atoms with Crippen LogP contribution >= 0.6 is 0 Å². The minimum absolute atomic E-state index is 0.0267. The third-order valence-electron chi connectivity index (χ3n) is 2.56. The normalized spacial score (nSPS) is 25.9. The Bertz CT molecular complexity index is 288. The number of rotatable bonds is 1. The first-order valence-corrected chi connectivity index (χ1v) is 4.71. The van der Waals surface area contributed by atoms with E-state index in [2.05, 4.69) is 4.99 Å². The third-order valence-corrected chi connectivity index (χ3v) is 2.56. The predicted molar refractivity (Wildman–Crippen MR) is 52.1 cm³/mol. The van der Waals surface area contributed by atoms with Crippen LogP contribution in [0.4, 0.5) is 4.79 Å². The van der Waals surface area contributed by atoms with Crippen LogP contribution in [0, 0.1) is 0 Å². The molecular formula is C9H13N3O2. The zero-order valence-electron chi connectivity index (χ0n) is 7.83. The van der Waals surface area contributed by atoms with E-state index in [1.807, 2.05) is 17.2 Å². The van der Waals surface area contributed by atoms with Crippen molar-refractivity contribution >= 4 is 12.3 Å². The molecule has 1 unspecified atom stereocenters. The Morgan fingerprint density at radius 1 is 1.57 bits per heavy atom. The van der Waals surface area contributed by atoms with Crippen molar-refractivity contribution in [2.24, 2.45) is 4.99 Å². The SMILES string of the molecule is O=C(O)N1CCCC1N1C=CC=NC1. The summed E-state index contributed by atoms with van der Waals surface area (Å²) >= 11 is 0. The number of nitrogens with zero attached hydrogens (tertiary/aromatic N) is 3. The summed E-state index contributed by atoms with van der Waals surface area (Å²) in [6.45, 7) is 1.19. The highest BCUT2D eigenvalue weighted by Crippen LogP contribution is 2.21. The highest BCUT2D eigenvalue weighted by Gasteiger charge is 2.31. The van der Waals surface area contributed by atoms with Gasteiger partial charge in [-0.15, -0.1) is 0 Å². The maximum atomic E-state index is 10.9. The molecular weight excluding hydrogens is 182 g/mol. The molecule has 1 amide bonds. The first-order valence-electron chi connectivity index (χ1n) is 4.71. The Labute approximate surface area is 82.3 Å². The first kappa shape index (κ1) is 9.05. The number of carboxylic acid groups (broad SMARTS) is 1. The number of aliphatic imine (C=N–C) groups is 1. The molecule has 14 heavy (non-hydrogen) atoms. The largest absolute Gasteiger partial charge is 0.465 e. The number of likely N-dealkylation sites (tertiary alicyclic amines) is 1. The molecule has 1 fully saturated rings. The lowest BCUT2D eigenvalue weighted by Gasteiger charge is -2.32. The van der Waals surface area contributed by atoms with Gasteiger partial charge < -0.3 is 10.0 Å². The Morgan fingerprint density at radius 2 is 2.43 bits per heavy atom. The van der Waals surface area contributed by atoms with Crippen LogP contribution in [0.1, 0.15) is 12.8 Å². The van der Waals surface area contributed by atoms with E-state index in [1.54, 1.807) is 6.21 Å². The standard InChI is InChI=1S/C9H13N3O2/c13-9(14)12-6-1-3-8(12)11-5-2-4-10-7-11/h2,4-5,8H,1,3,6-7H2,(H,13,14). The Balaban J connectivity index is 2.05. The van der Waals surface area contributed by atoms with Crippen molar-refractivity contribution < 1.29 is 9.90 Å². The van der Waals surface area contributed by atoms with Crippen LogP contribution in [0.2, 0.25) is 0 Å². The van der Waals surface area contributed by atoms with Crippen molar-refractivity contribution in [2.45, 2.75) is 19.0 Å². The molecule has 5 nitrogen and oxygen atoms in total. The first-order chi connectivity index (χ1) is 6.79. The van der Waals surface area contributed by atoms with Gasteiger partial charge in [0.05, 0.1) is 0 Å². The molecule has 0 radical (unpaired) electrons. The molecule has 0 aliphatic carbocycles. The molecule has 0 spiro atoms. The molecule has 0 aromatic carbocycles. The van der Waals surface area contributed by atoms with E-state index in [4.69, 9.17) is 5.11 Å². The number of hydrogen-bond acceptors (Lipinski definition) is 3. The Kier molecular flexibility index (Phi) is 2.39. The zero-order valence-corrected chi connectivity index (χ0v) is 7.83. The van der Waals surface area contributed by atoms with Gasteiger partial charge in [0.25, 0.3) is 0 Å². The summed E-state index contributed by atoms with van der Waals surface area (Å²) < 4.78 is 0. The number of allylic oxidation sites excluding steroid dienone is 1. The molecule has 0 bridgehead atoms. The van der Waals surface area contributed by atoms with Crippen LogP contribution in [-0.2, 0) is 0 Å². The summed E-state index contributed by atoms with van der Waals surface area (Å²) in [5.41, 5.74) is 0. The quantitative estimate of drug-likeness (QED) is 0.677. The number of carbonyl (C=O) groups is 1. The van der Waals surface area contributed by atoms with E-state index in [9.17, 15) is 4.79 Å². The second-order valence-corrected chi connectivity index (χ2v) is 3.43. The lowest BCUT2D eigenvalue weighted by atomic mass is 10.3. The van der Waals surface area contributed by atoms with E-state index in [-0.39, 0.29) is 6.17 Å². The maximum Gasteiger partial charge on any atom is 0.408 e. The van der Waals surface area contributed by atoms with Gasteiger partial charge in [-0.1, -0.05) is 0 Å². The van der Waals surface area contributed by atoms with E-state index in [1.165, 1.54) is 4.90 Å². The van der Waals surface area contributed by atoms with E-state index in [0.717, 1.165) is 12.8 Å². The van der Waals surface area contributed by atoms with Crippen molar-refractivity contribution in [3.8, 4) is 0 Å². The zero-order chi connectivity index (χ0) is 9.97. The Morgan fingerprint density at radius 3 is 3.07 bits per heavy atom. The van der Waals surface area contributed by atoms with Crippen molar-refractivity contribution in [3.05, 3.63) is 12.3 Å². The summed E-state index contributed by atoms with van der Waals surface area (Å²) in [6.07, 6.45) is 6.44. The van der Waals surface area contributed by atoms with E-state index >= 15 is 0 Å². The number of amides is 1. The summed E-state index contributed by atoms with van der Waals surface area (Å²) in [4.78, 5) is 18.4. The van der Waals surface area contributed by atoms with Gasteiger partial charge in [-0.05, 0) is 18.9 Å². The van der Waals surface area contributed by atoms with Gasteiger partial charge >= 0.3 is 6.09 Å². The highest BCUT2D eigenvalue weighted by molar-refractivity contribution is 5.71. The molecule has 1 N–H and O–H groups in total. The van der Waals surface area contributed by atoms with E-state index < -0.39 is 6.09 Å². The molecule has 2 heterocycles. The minimum atomic E-state index is -0.838. The molecule has 5 heteroatoms.